The van der Waals surface area contributed by atoms with Crippen LogP contribution in [-0.4, -0.2) is 61.0 Å². The molecule has 0 aromatic heterocycles. The predicted molar refractivity (Wildman–Crippen MR) is 98.3 cm³/mol. The Morgan fingerprint density at radius 1 is 1.21 bits per heavy atom. The van der Waals surface area contributed by atoms with Gasteiger partial charge in [-0.1, -0.05) is 30.0 Å². The summed E-state index contributed by atoms with van der Waals surface area (Å²) in [4.78, 5) is 19.4. The quantitative estimate of drug-likeness (QED) is 0.787. The molecule has 2 heterocycles. The van der Waals surface area contributed by atoms with Gasteiger partial charge in [0.1, 0.15) is 0 Å². The largest absolute Gasteiger partial charge is 0.368 e. The van der Waals surface area contributed by atoms with Gasteiger partial charge >= 0.3 is 0 Å². The third-order valence-electron chi connectivity index (χ3n) is 4.96. The second-order valence-corrected chi connectivity index (χ2v) is 6.91. The maximum Gasteiger partial charge on any atom is 0.240 e. The number of carbonyl (C=O) groups excluding carboxylic acids is 1. The van der Waals surface area contributed by atoms with Gasteiger partial charge in [0, 0.05) is 36.9 Å². The van der Waals surface area contributed by atoms with E-state index in [-0.39, 0.29) is 11.9 Å². The zero-order chi connectivity index (χ0) is 16.9. The molecule has 2 aliphatic heterocycles. The molecule has 2 fully saturated rings. The summed E-state index contributed by atoms with van der Waals surface area (Å²) in [5, 5.41) is 0.748. The summed E-state index contributed by atoms with van der Waals surface area (Å²) >= 11 is 6.08. The van der Waals surface area contributed by atoms with Gasteiger partial charge in [-0.2, -0.15) is 0 Å². The molecule has 5 heteroatoms. The first-order valence-electron chi connectivity index (χ1n) is 8.66. The molecule has 0 N–H and O–H groups in total. The van der Waals surface area contributed by atoms with E-state index in [0.717, 1.165) is 62.7 Å². The summed E-state index contributed by atoms with van der Waals surface area (Å²) in [6, 6.07) is 7.86. The zero-order valence-electron chi connectivity index (χ0n) is 14.0. The average Bonchev–Trinajstić information content (AvgIpc) is 2.62. The van der Waals surface area contributed by atoms with Crippen molar-refractivity contribution < 1.29 is 4.79 Å². The number of piperidine rings is 1. The van der Waals surface area contributed by atoms with Crippen molar-refractivity contribution in [1.29, 1.82) is 0 Å². The van der Waals surface area contributed by atoms with Crippen molar-refractivity contribution in [1.82, 2.24) is 9.80 Å². The zero-order valence-corrected chi connectivity index (χ0v) is 14.7. The number of hydrogen-bond donors (Lipinski definition) is 0. The van der Waals surface area contributed by atoms with Crippen LogP contribution in [-0.2, 0) is 4.79 Å². The molecule has 0 saturated carbocycles. The minimum Gasteiger partial charge on any atom is -0.368 e. The van der Waals surface area contributed by atoms with Crippen LogP contribution in [0.4, 0.5) is 5.69 Å². The second-order valence-electron chi connectivity index (χ2n) is 6.48. The van der Waals surface area contributed by atoms with E-state index in [1.165, 1.54) is 0 Å². The number of benzene rings is 1. The molecule has 1 amide bonds. The van der Waals surface area contributed by atoms with Gasteiger partial charge in [0.25, 0.3) is 0 Å². The third kappa shape index (κ3) is 3.85. The van der Waals surface area contributed by atoms with Crippen molar-refractivity contribution in [3.8, 4) is 12.3 Å². The highest BCUT2D eigenvalue weighted by atomic mass is 35.5. The van der Waals surface area contributed by atoms with E-state index in [2.05, 4.69) is 21.8 Å². The lowest BCUT2D eigenvalue weighted by atomic mass is 10.0. The van der Waals surface area contributed by atoms with Crippen molar-refractivity contribution in [3.63, 3.8) is 0 Å². The fourth-order valence-electron chi connectivity index (χ4n) is 3.65. The maximum absolute atomic E-state index is 12.9. The van der Waals surface area contributed by atoms with Crippen LogP contribution in [0.15, 0.2) is 24.3 Å². The number of anilines is 1. The Balaban J connectivity index is 1.59. The first-order chi connectivity index (χ1) is 11.7. The first-order valence-corrected chi connectivity index (χ1v) is 9.03. The van der Waals surface area contributed by atoms with Crippen LogP contribution in [0.25, 0.3) is 0 Å². The number of amides is 1. The van der Waals surface area contributed by atoms with Crippen LogP contribution in [0.1, 0.15) is 19.3 Å². The number of carbonyl (C=O) groups is 1. The van der Waals surface area contributed by atoms with E-state index < -0.39 is 0 Å². The number of rotatable bonds is 3. The van der Waals surface area contributed by atoms with Crippen molar-refractivity contribution in [2.75, 3.05) is 44.2 Å². The summed E-state index contributed by atoms with van der Waals surface area (Å²) in [6.07, 6.45) is 8.63. The van der Waals surface area contributed by atoms with E-state index in [9.17, 15) is 4.79 Å². The molecule has 1 atom stereocenters. The third-order valence-corrected chi connectivity index (χ3v) is 5.19. The molecule has 2 saturated heterocycles. The first kappa shape index (κ1) is 17.1. The van der Waals surface area contributed by atoms with E-state index in [1.807, 2.05) is 23.1 Å². The smallest absolute Gasteiger partial charge is 0.240 e. The number of piperazine rings is 1. The molecule has 1 unspecified atom stereocenters. The Bertz CT molecular complexity index is 619. The number of halogens is 1. The van der Waals surface area contributed by atoms with Crippen LogP contribution in [0.5, 0.6) is 0 Å². The van der Waals surface area contributed by atoms with Crippen molar-refractivity contribution in [2.24, 2.45) is 0 Å². The Hall–Kier alpha value is -1.70. The van der Waals surface area contributed by atoms with Gasteiger partial charge in [-0.3, -0.25) is 9.69 Å². The summed E-state index contributed by atoms with van der Waals surface area (Å²) in [7, 11) is 0. The van der Waals surface area contributed by atoms with Crippen LogP contribution in [0, 0.1) is 12.3 Å². The van der Waals surface area contributed by atoms with Gasteiger partial charge in [-0.25, -0.2) is 0 Å². The Kier molecular flexibility index (Phi) is 5.65. The number of hydrogen-bond acceptors (Lipinski definition) is 3. The Labute approximate surface area is 149 Å². The van der Waals surface area contributed by atoms with Crippen LogP contribution in [0.2, 0.25) is 5.02 Å². The van der Waals surface area contributed by atoms with Crippen LogP contribution in [0.3, 0.4) is 0 Å². The van der Waals surface area contributed by atoms with E-state index in [4.69, 9.17) is 18.0 Å². The molecular weight excluding hydrogens is 322 g/mol. The number of nitrogens with zero attached hydrogens (tertiary/aromatic N) is 3. The van der Waals surface area contributed by atoms with Gasteiger partial charge in [-0.05, 0) is 37.6 Å². The Morgan fingerprint density at radius 3 is 2.71 bits per heavy atom. The molecule has 0 radical (unpaired) electrons. The molecule has 24 heavy (non-hydrogen) atoms. The van der Waals surface area contributed by atoms with Crippen LogP contribution >= 0.6 is 11.6 Å². The molecule has 2 aliphatic rings. The number of likely N-dealkylation sites (tertiary alicyclic amines) is 1. The van der Waals surface area contributed by atoms with Gasteiger partial charge in [0.2, 0.25) is 5.91 Å². The highest BCUT2D eigenvalue weighted by Gasteiger charge is 2.32. The minimum absolute atomic E-state index is 0.0347. The molecule has 1 aromatic rings. The van der Waals surface area contributed by atoms with Crippen molar-refractivity contribution in [2.45, 2.75) is 25.3 Å². The molecule has 0 aliphatic carbocycles. The fourth-order valence-corrected chi connectivity index (χ4v) is 3.83. The molecule has 4 nitrogen and oxygen atoms in total. The van der Waals surface area contributed by atoms with Crippen LogP contribution < -0.4 is 4.90 Å². The lowest BCUT2D eigenvalue weighted by Crippen LogP contribution is -2.56. The monoisotopic (exact) mass is 345 g/mol. The van der Waals surface area contributed by atoms with Gasteiger partial charge < -0.3 is 9.80 Å². The molecule has 1 aromatic carbocycles. The Morgan fingerprint density at radius 2 is 2.00 bits per heavy atom. The fraction of sp³-hybridized carbons (Fsp3) is 0.526. The molecule has 0 spiro atoms. The maximum atomic E-state index is 12.9. The van der Waals surface area contributed by atoms with E-state index in [1.54, 1.807) is 0 Å². The van der Waals surface area contributed by atoms with Crippen molar-refractivity contribution in [3.05, 3.63) is 29.3 Å². The molecule has 0 bridgehead atoms. The summed E-state index contributed by atoms with van der Waals surface area (Å²) in [5.41, 5.74) is 1.13. The highest BCUT2D eigenvalue weighted by Crippen LogP contribution is 2.23. The highest BCUT2D eigenvalue weighted by molar-refractivity contribution is 6.30. The molecular formula is C19H24ClN3O. The van der Waals surface area contributed by atoms with E-state index in [0.29, 0.717) is 6.54 Å². The van der Waals surface area contributed by atoms with Crippen molar-refractivity contribution >= 4 is 23.2 Å². The molecule has 128 valence electrons. The SMILES string of the molecule is C#CCN1CCCCC1C(=O)N1CCN(c2cccc(Cl)c2)CC1. The summed E-state index contributed by atoms with van der Waals surface area (Å²) in [6.45, 7) is 4.70. The van der Waals surface area contributed by atoms with Gasteiger partial charge in [0.05, 0.1) is 12.6 Å². The predicted octanol–water partition coefficient (Wildman–Crippen LogP) is 2.48. The van der Waals surface area contributed by atoms with Gasteiger partial charge in [0.15, 0.2) is 0 Å². The minimum atomic E-state index is -0.0347. The van der Waals surface area contributed by atoms with E-state index >= 15 is 0 Å². The standard InChI is InChI=1S/C19H24ClN3O/c1-2-9-22-10-4-3-8-18(22)19(24)23-13-11-21(12-14-23)17-7-5-6-16(20)15-17/h1,5-7,15,18H,3-4,8-14H2. The lowest BCUT2D eigenvalue weighted by Gasteiger charge is -2.41. The summed E-state index contributed by atoms with van der Waals surface area (Å²) < 4.78 is 0. The second kappa shape index (κ2) is 7.92. The lowest BCUT2D eigenvalue weighted by molar-refractivity contribution is -0.138. The normalized spacial score (nSPS) is 22.2. The summed E-state index contributed by atoms with van der Waals surface area (Å²) in [5.74, 6) is 2.94. The topological polar surface area (TPSA) is 26.8 Å². The molecule has 3 rings (SSSR count). The average molecular weight is 346 g/mol. The van der Waals surface area contributed by atoms with Gasteiger partial charge in [-0.15, -0.1) is 6.42 Å². The number of terminal acetylenes is 1.